The van der Waals surface area contributed by atoms with E-state index in [2.05, 4.69) is 25.9 Å². The monoisotopic (exact) mass is 460 g/mol. The van der Waals surface area contributed by atoms with Gasteiger partial charge in [0.15, 0.2) is 0 Å². The van der Waals surface area contributed by atoms with Crippen molar-refractivity contribution in [3.05, 3.63) is 70.7 Å². The van der Waals surface area contributed by atoms with Crippen LogP contribution in [0.3, 0.4) is 0 Å². The van der Waals surface area contributed by atoms with E-state index in [1.54, 1.807) is 18.2 Å². The van der Waals surface area contributed by atoms with E-state index in [9.17, 15) is 27.2 Å². The Kier molecular flexibility index (Phi) is 5.58. The Hall–Kier alpha value is -4.22. The molecule has 0 saturated heterocycles. The average molecular weight is 460 g/mol. The van der Waals surface area contributed by atoms with E-state index in [1.807, 2.05) is 0 Å². The lowest BCUT2D eigenvalue weighted by Gasteiger charge is -2.20. The molecular formula is C21H16F4N6O2. The summed E-state index contributed by atoms with van der Waals surface area (Å²) in [6.45, 7) is 0.426. The van der Waals surface area contributed by atoms with Gasteiger partial charge in [0, 0.05) is 29.7 Å². The lowest BCUT2D eigenvalue weighted by atomic mass is 9.98. The molecule has 3 aromatic rings. The van der Waals surface area contributed by atoms with Gasteiger partial charge in [0.05, 0.1) is 5.56 Å². The molecule has 0 bridgehead atoms. The van der Waals surface area contributed by atoms with Crippen molar-refractivity contribution >= 4 is 35.0 Å². The largest absolute Gasteiger partial charge is 0.419 e. The van der Waals surface area contributed by atoms with Gasteiger partial charge >= 0.3 is 6.18 Å². The molecule has 0 aliphatic carbocycles. The van der Waals surface area contributed by atoms with Gasteiger partial charge in [0.1, 0.15) is 17.2 Å². The van der Waals surface area contributed by atoms with Crippen LogP contribution in [0.25, 0.3) is 0 Å². The van der Waals surface area contributed by atoms with Gasteiger partial charge < -0.3 is 21.7 Å². The van der Waals surface area contributed by atoms with Crippen LogP contribution in [0.5, 0.6) is 0 Å². The lowest BCUT2D eigenvalue weighted by Crippen LogP contribution is -2.32. The first-order valence-corrected chi connectivity index (χ1v) is 9.61. The van der Waals surface area contributed by atoms with Crippen LogP contribution >= 0.6 is 0 Å². The van der Waals surface area contributed by atoms with Gasteiger partial charge in [-0.1, -0.05) is 6.07 Å². The zero-order valence-electron chi connectivity index (χ0n) is 16.8. The number of alkyl halides is 3. The Balaban J connectivity index is 1.69. The molecule has 0 atom stereocenters. The highest BCUT2D eigenvalue weighted by Gasteiger charge is 2.34. The van der Waals surface area contributed by atoms with Crippen molar-refractivity contribution in [2.45, 2.75) is 12.6 Å². The Morgan fingerprint density at radius 3 is 2.67 bits per heavy atom. The number of hydrogen-bond donors (Lipinski definition) is 4. The third-order valence-electron chi connectivity index (χ3n) is 4.92. The highest BCUT2D eigenvalue weighted by molar-refractivity contribution is 6.00. The normalized spacial score (nSPS) is 13.2. The number of nitrogens with zero attached hydrogens (tertiary/aromatic N) is 2. The fraction of sp³-hybridized carbons (Fsp3) is 0.143. The van der Waals surface area contributed by atoms with Crippen LogP contribution in [0.4, 0.5) is 40.7 Å². The van der Waals surface area contributed by atoms with Crippen molar-refractivity contribution in [1.82, 2.24) is 15.3 Å². The second-order valence-corrected chi connectivity index (χ2v) is 7.10. The number of benzene rings is 2. The molecule has 0 unspecified atom stereocenters. The molecule has 2 amide bonds. The number of rotatable bonds is 5. The van der Waals surface area contributed by atoms with Crippen LogP contribution in [0.1, 0.15) is 31.8 Å². The number of halogens is 4. The molecule has 8 nitrogen and oxygen atoms in total. The maximum absolute atomic E-state index is 13.5. The minimum absolute atomic E-state index is 0.0162. The predicted octanol–water partition coefficient (Wildman–Crippen LogP) is 3.51. The number of fused-ring (bicyclic) bond motifs is 1. The van der Waals surface area contributed by atoms with E-state index >= 15 is 0 Å². The van der Waals surface area contributed by atoms with Crippen molar-refractivity contribution in [2.75, 3.05) is 17.2 Å². The fourth-order valence-corrected chi connectivity index (χ4v) is 3.38. The van der Waals surface area contributed by atoms with Crippen molar-refractivity contribution < 1.29 is 27.2 Å². The third-order valence-corrected chi connectivity index (χ3v) is 4.92. The summed E-state index contributed by atoms with van der Waals surface area (Å²) in [5.41, 5.74) is 5.44. The predicted molar refractivity (Wildman–Crippen MR) is 111 cm³/mol. The summed E-state index contributed by atoms with van der Waals surface area (Å²) in [4.78, 5) is 32.0. The standard InChI is InChI=1S/C21H16F4N6O2/c22-15-5-4-10(8-14(15)21(23,24)25)29-20-28-9-13(17(26)32)18(31-20)30-16-3-1-2-12-11(16)6-7-27-19(12)33/h1-5,8-9H,6-7H2,(H2,26,32)(H,27,33)(H2,28,29,30,31). The molecule has 1 aliphatic rings. The molecule has 0 spiro atoms. The van der Waals surface area contributed by atoms with Gasteiger partial charge in [-0.15, -0.1) is 0 Å². The van der Waals surface area contributed by atoms with Crippen LogP contribution in [0, 0.1) is 5.82 Å². The number of amides is 2. The molecule has 33 heavy (non-hydrogen) atoms. The van der Waals surface area contributed by atoms with Crippen LogP contribution in [-0.4, -0.2) is 28.3 Å². The van der Waals surface area contributed by atoms with Crippen molar-refractivity contribution in [3.8, 4) is 0 Å². The smallest absolute Gasteiger partial charge is 0.365 e. The molecule has 170 valence electrons. The first-order chi connectivity index (χ1) is 15.6. The summed E-state index contributed by atoms with van der Waals surface area (Å²) in [7, 11) is 0. The molecule has 2 aromatic carbocycles. The molecule has 0 fully saturated rings. The number of primary amides is 1. The van der Waals surface area contributed by atoms with Crippen molar-refractivity contribution in [1.29, 1.82) is 0 Å². The number of anilines is 4. The molecule has 0 radical (unpaired) electrons. The third kappa shape index (κ3) is 4.54. The van der Waals surface area contributed by atoms with Gasteiger partial charge in [0.25, 0.3) is 11.8 Å². The minimum Gasteiger partial charge on any atom is -0.365 e. The summed E-state index contributed by atoms with van der Waals surface area (Å²) in [6.07, 6.45) is -3.25. The molecule has 0 saturated carbocycles. The Morgan fingerprint density at radius 1 is 1.15 bits per heavy atom. The molecule has 4 rings (SSSR count). The quantitative estimate of drug-likeness (QED) is 0.433. The Labute approximate surface area is 184 Å². The maximum atomic E-state index is 13.5. The molecular weight excluding hydrogens is 444 g/mol. The maximum Gasteiger partial charge on any atom is 0.419 e. The van der Waals surface area contributed by atoms with Crippen LogP contribution < -0.4 is 21.7 Å². The summed E-state index contributed by atoms with van der Waals surface area (Å²) in [5.74, 6) is -2.68. The second-order valence-electron chi connectivity index (χ2n) is 7.10. The molecule has 2 heterocycles. The van der Waals surface area contributed by atoms with Gasteiger partial charge in [-0.2, -0.15) is 18.2 Å². The number of aromatic nitrogens is 2. The van der Waals surface area contributed by atoms with E-state index in [1.165, 1.54) is 0 Å². The lowest BCUT2D eigenvalue weighted by molar-refractivity contribution is -0.139. The summed E-state index contributed by atoms with van der Waals surface area (Å²) in [5, 5.41) is 8.25. The first kappa shape index (κ1) is 22.0. The number of nitrogens with one attached hydrogen (secondary N) is 3. The molecule has 1 aromatic heterocycles. The van der Waals surface area contributed by atoms with Crippen molar-refractivity contribution in [3.63, 3.8) is 0 Å². The molecule has 12 heteroatoms. The van der Waals surface area contributed by atoms with Gasteiger partial charge in [-0.05, 0) is 42.3 Å². The van der Waals surface area contributed by atoms with E-state index in [-0.39, 0.29) is 28.9 Å². The van der Waals surface area contributed by atoms with Gasteiger partial charge in [-0.25, -0.2) is 9.37 Å². The van der Waals surface area contributed by atoms with E-state index in [4.69, 9.17) is 5.73 Å². The zero-order valence-corrected chi connectivity index (χ0v) is 16.8. The van der Waals surface area contributed by atoms with E-state index in [0.717, 1.165) is 12.3 Å². The highest BCUT2D eigenvalue weighted by Crippen LogP contribution is 2.34. The van der Waals surface area contributed by atoms with Crippen LogP contribution in [-0.2, 0) is 12.6 Å². The van der Waals surface area contributed by atoms with Crippen molar-refractivity contribution in [2.24, 2.45) is 5.73 Å². The fourth-order valence-electron chi connectivity index (χ4n) is 3.38. The average Bonchev–Trinajstić information content (AvgIpc) is 2.75. The SMILES string of the molecule is NC(=O)c1cnc(Nc2ccc(F)c(C(F)(F)F)c2)nc1Nc1cccc2c1CCNC2=O. The van der Waals surface area contributed by atoms with E-state index < -0.39 is 23.5 Å². The van der Waals surface area contributed by atoms with Crippen LogP contribution in [0.2, 0.25) is 0 Å². The van der Waals surface area contributed by atoms with Crippen LogP contribution in [0.15, 0.2) is 42.6 Å². The Bertz CT molecular complexity index is 1260. The van der Waals surface area contributed by atoms with Gasteiger partial charge in [0.2, 0.25) is 5.95 Å². The second kappa shape index (κ2) is 8.37. The van der Waals surface area contributed by atoms with E-state index in [0.29, 0.717) is 41.9 Å². The topological polar surface area (TPSA) is 122 Å². The first-order valence-electron chi connectivity index (χ1n) is 9.61. The summed E-state index contributed by atoms with van der Waals surface area (Å²) < 4.78 is 52.5. The number of carbonyl (C=O) groups excluding carboxylic acids is 2. The van der Waals surface area contributed by atoms with Gasteiger partial charge in [-0.3, -0.25) is 9.59 Å². The molecule has 1 aliphatic heterocycles. The minimum atomic E-state index is -4.89. The number of nitrogens with two attached hydrogens (primary N) is 1. The molecule has 5 N–H and O–H groups in total. The summed E-state index contributed by atoms with van der Waals surface area (Å²) >= 11 is 0. The highest BCUT2D eigenvalue weighted by atomic mass is 19.4. The number of hydrogen-bond acceptors (Lipinski definition) is 6. The summed E-state index contributed by atoms with van der Waals surface area (Å²) in [6, 6.07) is 7.34. The Morgan fingerprint density at radius 2 is 1.94 bits per heavy atom. The number of carbonyl (C=O) groups is 2. The zero-order chi connectivity index (χ0) is 23.8.